The van der Waals surface area contributed by atoms with Gasteiger partial charge in [0, 0.05) is 43.8 Å². The number of rotatable bonds is 5. The number of H-pyrrole nitrogens is 1. The van der Waals surface area contributed by atoms with Crippen LogP contribution in [0.1, 0.15) is 36.0 Å². The molecular weight excluding hydrogens is 367 g/mol. The van der Waals surface area contributed by atoms with Crippen molar-refractivity contribution in [2.75, 3.05) is 0 Å². The Hall–Kier alpha value is -1.63. The summed E-state index contributed by atoms with van der Waals surface area (Å²) in [6.45, 7) is 7.62. The summed E-state index contributed by atoms with van der Waals surface area (Å²) in [6, 6.07) is 4.57. The molecule has 0 saturated carbocycles. The molecule has 2 rings (SSSR count). The van der Waals surface area contributed by atoms with Crippen LogP contribution in [-0.4, -0.2) is 9.97 Å². The molecule has 2 aromatic heterocycles. The first kappa shape index (κ1) is 21.4. The quantitative estimate of drug-likeness (QED) is 0.386. The number of pyridine rings is 1. The summed E-state index contributed by atoms with van der Waals surface area (Å²) in [5.41, 5.74) is 5.34. The van der Waals surface area contributed by atoms with E-state index in [2.05, 4.69) is 47.4 Å². The van der Waals surface area contributed by atoms with Gasteiger partial charge in [0.05, 0.1) is 6.33 Å². The van der Waals surface area contributed by atoms with Crippen molar-refractivity contribution in [3.05, 3.63) is 47.3 Å². The van der Waals surface area contributed by atoms with Crippen LogP contribution in [0.15, 0.2) is 24.7 Å². The topological polar surface area (TPSA) is 32.6 Å². The first-order chi connectivity index (χ1) is 11.2. The summed E-state index contributed by atoms with van der Waals surface area (Å²) in [5, 5.41) is 0. The van der Waals surface area contributed by atoms with E-state index in [1.165, 1.54) is 29.1 Å². The zero-order chi connectivity index (χ0) is 19.4. The molecular formula is C15H22F6N3P. The molecule has 0 amide bonds. The van der Waals surface area contributed by atoms with Crippen molar-refractivity contribution in [2.24, 2.45) is 0 Å². The first-order valence-corrected chi connectivity index (χ1v) is 9.72. The minimum atomic E-state index is -10.7. The zero-order valence-corrected chi connectivity index (χ0v) is 15.1. The molecule has 10 heteroatoms. The van der Waals surface area contributed by atoms with E-state index in [-0.39, 0.29) is 0 Å². The molecule has 144 valence electrons. The standard InChI is InChI=1S/C15H22N3.F6P/c1-4-5-15-9-12(2)8-13(3)18(15)7-6-14-10-16-11-17-14;1-7(2,3,4,5)6/h8-11H,4-7H2,1-3H3,(H,16,17);/q+1;-1. The van der Waals surface area contributed by atoms with Crippen molar-refractivity contribution in [1.29, 1.82) is 0 Å². The van der Waals surface area contributed by atoms with Gasteiger partial charge >= 0.3 is 33.0 Å². The number of nitrogens with one attached hydrogen (secondary N) is 1. The molecule has 2 aromatic rings. The van der Waals surface area contributed by atoms with Crippen LogP contribution in [0, 0.1) is 13.8 Å². The number of halogens is 6. The first-order valence-electron chi connectivity index (χ1n) is 7.69. The van der Waals surface area contributed by atoms with Crippen molar-refractivity contribution in [2.45, 2.75) is 46.6 Å². The number of aromatic nitrogens is 3. The molecule has 0 fully saturated rings. The molecule has 0 aliphatic heterocycles. The zero-order valence-electron chi connectivity index (χ0n) is 14.2. The van der Waals surface area contributed by atoms with Gasteiger partial charge < -0.3 is 4.98 Å². The third-order valence-corrected chi connectivity index (χ3v) is 3.27. The molecule has 0 spiro atoms. The number of hydrogen-bond acceptors (Lipinski definition) is 1. The minimum absolute atomic E-state index is 1.01. The Labute approximate surface area is 142 Å². The number of hydrogen-bond donors (Lipinski definition) is 1. The van der Waals surface area contributed by atoms with Gasteiger partial charge in [0.25, 0.3) is 0 Å². The van der Waals surface area contributed by atoms with E-state index in [1.54, 1.807) is 6.33 Å². The van der Waals surface area contributed by atoms with E-state index in [0.29, 0.717) is 0 Å². The summed E-state index contributed by atoms with van der Waals surface area (Å²) in [6.07, 6.45) is 6.99. The van der Waals surface area contributed by atoms with Crippen LogP contribution in [0.4, 0.5) is 25.2 Å². The fourth-order valence-corrected chi connectivity index (χ4v) is 2.45. The fraction of sp³-hybridized carbons (Fsp3) is 0.467. The monoisotopic (exact) mass is 389 g/mol. The van der Waals surface area contributed by atoms with Crippen LogP contribution in [0.25, 0.3) is 0 Å². The predicted octanol–water partition coefficient (Wildman–Crippen LogP) is 5.89. The average molecular weight is 389 g/mol. The fourth-order valence-electron chi connectivity index (χ4n) is 2.45. The molecule has 2 heterocycles. The van der Waals surface area contributed by atoms with E-state index in [1.807, 2.05) is 6.20 Å². The Kier molecular flexibility index (Phi) is 5.94. The van der Waals surface area contributed by atoms with E-state index in [9.17, 15) is 25.2 Å². The van der Waals surface area contributed by atoms with Gasteiger partial charge in [-0.2, -0.15) is 4.57 Å². The summed E-state index contributed by atoms with van der Waals surface area (Å²) in [7, 11) is -10.7. The molecule has 0 bridgehead atoms. The SMILES string of the molecule is CCCc1cc(C)cc(C)[n+]1CCc1cnc[nH]1.F[P-](F)(F)(F)(F)F. The van der Waals surface area contributed by atoms with Crippen LogP contribution >= 0.6 is 7.81 Å². The molecule has 0 unspecified atom stereocenters. The average Bonchev–Trinajstić information content (AvgIpc) is 2.87. The van der Waals surface area contributed by atoms with Crippen molar-refractivity contribution >= 4 is 7.81 Å². The molecule has 1 N–H and O–H groups in total. The van der Waals surface area contributed by atoms with Crippen molar-refractivity contribution in [1.82, 2.24) is 9.97 Å². The van der Waals surface area contributed by atoms with Gasteiger partial charge in [-0.25, -0.2) is 4.98 Å². The third kappa shape index (κ3) is 10.8. The van der Waals surface area contributed by atoms with Crippen molar-refractivity contribution < 1.29 is 29.7 Å². The summed E-state index contributed by atoms with van der Waals surface area (Å²) in [4.78, 5) is 7.23. The Morgan fingerprint density at radius 3 is 2.12 bits per heavy atom. The van der Waals surface area contributed by atoms with Gasteiger partial charge in [0.15, 0.2) is 17.9 Å². The van der Waals surface area contributed by atoms with Gasteiger partial charge in [-0.3, -0.25) is 0 Å². The Morgan fingerprint density at radius 2 is 1.64 bits per heavy atom. The second kappa shape index (κ2) is 6.94. The number of imidazole rings is 1. The third-order valence-electron chi connectivity index (χ3n) is 3.27. The Balaban J connectivity index is 0.000000381. The second-order valence-corrected chi connectivity index (χ2v) is 7.77. The molecule has 25 heavy (non-hydrogen) atoms. The maximum atomic E-state index is 9.87. The molecule has 0 radical (unpaired) electrons. The van der Waals surface area contributed by atoms with E-state index >= 15 is 0 Å². The summed E-state index contributed by atoms with van der Waals surface area (Å²) in [5.74, 6) is 0. The van der Waals surface area contributed by atoms with Crippen LogP contribution in [-0.2, 0) is 19.4 Å². The van der Waals surface area contributed by atoms with Gasteiger partial charge in [0.1, 0.15) is 0 Å². The molecule has 3 nitrogen and oxygen atoms in total. The Bertz CT molecular complexity index is 685. The number of aromatic amines is 1. The number of nitrogens with zero attached hydrogens (tertiary/aromatic N) is 2. The van der Waals surface area contributed by atoms with Crippen molar-refractivity contribution in [3.8, 4) is 0 Å². The van der Waals surface area contributed by atoms with Crippen LogP contribution in [0.2, 0.25) is 0 Å². The molecule has 0 atom stereocenters. The predicted molar refractivity (Wildman–Crippen MR) is 86.0 cm³/mol. The van der Waals surface area contributed by atoms with Crippen molar-refractivity contribution in [3.63, 3.8) is 0 Å². The summed E-state index contributed by atoms with van der Waals surface area (Å²) >= 11 is 0. The van der Waals surface area contributed by atoms with E-state index in [4.69, 9.17) is 0 Å². The molecule has 0 saturated heterocycles. The van der Waals surface area contributed by atoms with E-state index in [0.717, 1.165) is 19.4 Å². The van der Waals surface area contributed by atoms with Crippen LogP contribution in [0.3, 0.4) is 0 Å². The number of aryl methyl sites for hydroxylation is 4. The van der Waals surface area contributed by atoms with E-state index < -0.39 is 7.81 Å². The van der Waals surface area contributed by atoms with Gasteiger partial charge in [-0.15, -0.1) is 0 Å². The van der Waals surface area contributed by atoms with Crippen LogP contribution in [0.5, 0.6) is 0 Å². The summed E-state index contributed by atoms with van der Waals surface area (Å²) < 4.78 is 61.6. The maximum absolute atomic E-state index is 10.7. The van der Waals surface area contributed by atoms with Gasteiger partial charge in [0.2, 0.25) is 0 Å². The van der Waals surface area contributed by atoms with Crippen LogP contribution < -0.4 is 4.57 Å². The molecule has 0 aromatic carbocycles. The molecule has 0 aliphatic carbocycles. The molecule has 0 aliphatic rings. The Morgan fingerprint density at radius 1 is 1.04 bits per heavy atom. The van der Waals surface area contributed by atoms with Gasteiger partial charge in [-0.05, 0) is 18.9 Å². The normalized spacial score (nSPS) is 14.3. The van der Waals surface area contributed by atoms with Gasteiger partial charge in [-0.1, -0.05) is 6.92 Å². The second-order valence-electron chi connectivity index (χ2n) is 5.85.